The van der Waals surface area contributed by atoms with Gasteiger partial charge in [-0.05, 0) is 37.3 Å². The Hall–Kier alpha value is -1.61. The standard InChI is InChI=1S/C19H27N3/c1-14(2)18-10-6-7-11-19(18)22-15(3)16(13-21-22)12-20-17-8-4-5-9-17/h6-7,10-11,13-14,17,20H,4-5,8-9,12H2,1-3H3. The molecule has 0 atom stereocenters. The summed E-state index contributed by atoms with van der Waals surface area (Å²) in [5.74, 6) is 0.500. The van der Waals surface area contributed by atoms with Gasteiger partial charge in [0.15, 0.2) is 0 Å². The average Bonchev–Trinajstić information content (AvgIpc) is 3.15. The van der Waals surface area contributed by atoms with Crippen molar-refractivity contribution < 1.29 is 0 Å². The maximum Gasteiger partial charge on any atom is 0.0683 e. The molecule has 3 heteroatoms. The lowest BCUT2D eigenvalue weighted by molar-refractivity contribution is 0.523. The Morgan fingerprint density at radius 2 is 1.95 bits per heavy atom. The van der Waals surface area contributed by atoms with E-state index in [0.717, 1.165) is 6.54 Å². The van der Waals surface area contributed by atoms with Crippen LogP contribution in [0.5, 0.6) is 0 Å². The van der Waals surface area contributed by atoms with Gasteiger partial charge in [0.1, 0.15) is 0 Å². The van der Waals surface area contributed by atoms with E-state index in [0.29, 0.717) is 12.0 Å². The Kier molecular flexibility index (Phi) is 4.63. The molecule has 1 aromatic heterocycles. The third kappa shape index (κ3) is 3.09. The van der Waals surface area contributed by atoms with Gasteiger partial charge in [0.2, 0.25) is 0 Å². The third-order valence-corrected chi connectivity index (χ3v) is 4.83. The van der Waals surface area contributed by atoms with Gasteiger partial charge in [-0.2, -0.15) is 5.10 Å². The van der Waals surface area contributed by atoms with Crippen LogP contribution in [0, 0.1) is 6.92 Å². The maximum absolute atomic E-state index is 4.65. The highest BCUT2D eigenvalue weighted by atomic mass is 15.3. The largest absolute Gasteiger partial charge is 0.310 e. The molecule has 0 bridgehead atoms. The molecule has 2 aromatic rings. The molecule has 1 N–H and O–H groups in total. The highest BCUT2D eigenvalue weighted by molar-refractivity contribution is 5.44. The highest BCUT2D eigenvalue weighted by Gasteiger charge is 2.16. The average molecular weight is 297 g/mol. The van der Waals surface area contributed by atoms with Crippen LogP contribution in [0.3, 0.4) is 0 Å². The lowest BCUT2D eigenvalue weighted by atomic mass is 10.0. The second-order valence-electron chi connectivity index (χ2n) is 6.74. The number of benzene rings is 1. The molecule has 1 aromatic carbocycles. The number of nitrogens with one attached hydrogen (secondary N) is 1. The van der Waals surface area contributed by atoms with E-state index in [9.17, 15) is 0 Å². The predicted molar refractivity (Wildman–Crippen MR) is 91.5 cm³/mol. The maximum atomic E-state index is 4.65. The van der Waals surface area contributed by atoms with Gasteiger partial charge in [0, 0.05) is 23.8 Å². The lowest BCUT2D eigenvalue weighted by Gasteiger charge is -2.15. The molecule has 0 aliphatic heterocycles. The van der Waals surface area contributed by atoms with Crippen LogP contribution < -0.4 is 5.32 Å². The molecular formula is C19H27N3. The van der Waals surface area contributed by atoms with Crippen LogP contribution in [0.15, 0.2) is 30.5 Å². The Bertz CT molecular complexity index is 621. The minimum Gasteiger partial charge on any atom is -0.310 e. The first-order valence-corrected chi connectivity index (χ1v) is 8.53. The van der Waals surface area contributed by atoms with E-state index >= 15 is 0 Å². The summed E-state index contributed by atoms with van der Waals surface area (Å²) < 4.78 is 2.10. The quantitative estimate of drug-likeness (QED) is 0.890. The van der Waals surface area contributed by atoms with E-state index in [1.165, 1.54) is 48.2 Å². The van der Waals surface area contributed by atoms with E-state index in [1.807, 2.05) is 6.20 Å². The van der Waals surface area contributed by atoms with Crippen LogP contribution >= 0.6 is 0 Å². The van der Waals surface area contributed by atoms with Crippen molar-refractivity contribution >= 4 is 0 Å². The van der Waals surface area contributed by atoms with Gasteiger partial charge in [-0.1, -0.05) is 44.9 Å². The summed E-state index contributed by atoms with van der Waals surface area (Å²) in [6.07, 6.45) is 7.41. The normalized spacial score (nSPS) is 15.8. The minimum absolute atomic E-state index is 0.500. The van der Waals surface area contributed by atoms with Gasteiger partial charge in [0.25, 0.3) is 0 Å². The molecule has 0 saturated heterocycles. The smallest absolute Gasteiger partial charge is 0.0683 e. The second kappa shape index (κ2) is 6.66. The molecule has 118 valence electrons. The van der Waals surface area contributed by atoms with E-state index in [2.05, 4.69) is 60.1 Å². The molecule has 3 nitrogen and oxygen atoms in total. The number of para-hydroxylation sites is 1. The molecule has 0 amide bonds. The molecule has 1 fully saturated rings. The summed E-state index contributed by atoms with van der Waals surface area (Å²) >= 11 is 0. The lowest BCUT2D eigenvalue weighted by Crippen LogP contribution is -2.25. The molecule has 1 heterocycles. The number of aromatic nitrogens is 2. The highest BCUT2D eigenvalue weighted by Crippen LogP contribution is 2.24. The van der Waals surface area contributed by atoms with Crippen molar-refractivity contribution in [3.8, 4) is 5.69 Å². The van der Waals surface area contributed by atoms with Crippen molar-refractivity contribution in [3.05, 3.63) is 47.3 Å². The van der Waals surface area contributed by atoms with Gasteiger partial charge in [-0.15, -0.1) is 0 Å². The number of hydrogen-bond acceptors (Lipinski definition) is 2. The van der Waals surface area contributed by atoms with Gasteiger partial charge in [-0.25, -0.2) is 4.68 Å². The molecule has 1 aliphatic carbocycles. The monoisotopic (exact) mass is 297 g/mol. The van der Waals surface area contributed by atoms with E-state index in [-0.39, 0.29) is 0 Å². The zero-order chi connectivity index (χ0) is 15.5. The van der Waals surface area contributed by atoms with E-state index in [4.69, 9.17) is 0 Å². The molecule has 0 spiro atoms. The number of nitrogens with zero attached hydrogens (tertiary/aromatic N) is 2. The summed E-state index contributed by atoms with van der Waals surface area (Å²) in [6, 6.07) is 9.28. The van der Waals surface area contributed by atoms with Crippen LogP contribution in [-0.4, -0.2) is 15.8 Å². The Morgan fingerprint density at radius 3 is 2.68 bits per heavy atom. The van der Waals surface area contributed by atoms with Gasteiger partial charge in [-0.3, -0.25) is 0 Å². The summed E-state index contributed by atoms with van der Waals surface area (Å²) in [5, 5.41) is 8.34. The summed E-state index contributed by atoms with van der Waals surface area (Å²) in [6.45, 7) is 7.58. The Labute approximate surface area is 133 Å². The zero-order valence-corrected chi connectivity index (χ0v) is 14.0. The summed E-state index contributed by atoms with van der Waals surface area (Å²) in [7, 11) is 0. The Morgan fingerprint density at radius 1 is 1.23 bits per heavy atom. The van der Waals surface area contributed by atoms with Crippen LogP contribution in [0.25, 0.3) is 5.69 Å². The molecule has 22 heavy (non-hydrogen) atoms. The van der Waals surface area contributed by atoms with Gasteiger partial charge < -0.3 is 5.32 Å². The van der Waals surface area contributed by atoms with Crippen molar-refractivity contribution in [3.63, 3.8) is 0 Å². The van der Waals surface area contributed by atoms with Crippen molar-refractivity contribution in [1.29, 1.82) is 0 Å². The van der Waals surface area contributed by atoms with Crippen LogP contribution in [-0.2, 0) is 6.54 Å². The topological polar surface area (TPSA) is 29.9 Å². The fraction of sp³-hybridized carbons (Fsp3) is 0.526. The first kappa shape index (κ1) is 15.3. The number of hydrogen-bond donors (Lipinski definition) is 1. The van der Waals surface area contributed by atoms with Crippen molar-refractivity contribution in [2.24, 2.45) is 0 Å². The van der Waals surface area contributed by atoms with Crippen molar-refractivity contribution in [2.75, 3.05) is 0 Å². The van der Waals surface area contributed by atoms with E-state index in [1.54, 1.807) is 0 Å². The zero-order valence-electron chi connectivity index (χ0n) is 14.0. The summed E-state index contributed by atoms with van der Waals surface area (Å²) in [5.41, 5.74) is 5.12. The second-order valence-corrected chi connectivity index (χ2v) is 6.74. The van der Waals surface area contributed by atoms with E-state index < -0.39 is 0 Å². The fourth-order valence-corrected chi connectivity index (χ4v) is 3.41. The first-order valence-electron chi connectivity index (χ1n) is 8.53. The fourth-order valence-electron chi connectivity index (χ4n) is 3.41. The van der Waals surface area contributed by atoms with Crippen molar-refractivity contribution in [1.82, 2.24) is 15.1 Å². The van der Waals surface area contributed by atoms with Gasteiger partial charge in [0.05, 0.1) is 11.9 Å². The van der Waals surface area contributed by atoms with Crippen LogP contribution in [0.4, 0.5) is 0 Å². The first-order chi connectivity index (χ1) is 10.7. The predicted octanol–water partition coefficient (Wildman–Crippen LogP) is 4.34. The molecule has 1 aliphatic rings. The van der Waals surface area contributed by atoms with Gasteiger partial charge >= 0.3 is 0 Å². The molecular weight excluding hydrogens is 270 g/mol. The molecule has 0 unspecified atom stereocenters. The molecule has 3 rings (SSSR count). The summed E-state index contributed by atoms with van der Waals surface area (Å²) in [4.78, 5) is 0. The molecule has 0 radical (unpaired) electrons. The van der Waals surface area contributed by atoms with Crippen LogP contribution in [0.1, 0.15) is 62.3 Å². The number of rotatable bonds is 5. The van der Waals surface area contributed by atoms with Crippen LogP contribution in [0.2, 0.25) is 0 Å². The Balaban J connectivity index is 1.81. The molecule has 1 saturated carbocycles. The van der Waals surface area contributed by atoms with Crippen molar-refractivity contribution in [2.45, 2.75) is 65.0 Å². The SMILES string of the molecule is Cc1c(CNC2CCCC2)cnn1-c1ccccc1C(C)C. The third-order valence-electron chi connectivity index (χ3n) is 4.83. The minimum atomic E-state index is 0.500.